The highest BCUT2D eigenvalue weighted by Crippen LogP contribution is 2.35. The molecule has 30 heavy (non-hydrogen) atoms. The van der Waals surface area contributed by atoms with Crippen LogP contribution >= 0.6 is 0 Å². The minimum atomic E-state index is -3.64. The van der Waals surface area contributed by atoms with Crippen LogP contribution in [-0.4, -0.2) is 35.6 Å². The van der Waals surface area contributed by atoms with Crippen LogP contribution in [0.15, 0.2) is 47.6 Å². The molecular formula is C22H25N3O4S. The van der Waals surface area contributed by atoms with Crippen LogP contribution < -0.4 is 10.1 Å². The Labute approximate surface area is 176 Å². The minimum absolute atomic E-state index is 0.0357. The van der Waals surface area contributed by atoms with Crippen molar-refractivity contribution in [1.82, 2.24) is 9.38 Å². The van der Waals surface area contributed by atoms with Crippen molar-refractivity contribution >= 4 is 27.1 Å². The molecule has 0 spiro atoms. The van der Waals surface area contributed by atoms with E-state index in [0.717, 1.165) is 24.1 Å². The first-order chi connectivity index (χ1) is 14.1. The lowest BCUT2D eigenvalue weighted by Crippen LogP contribution is -2.28. The third-order valence-corrected chi connectivity index (χ3v) is 7.76. The molecule has 3 aromatic rings. The lowest BCUT2D eigenvalue weighted by Gasteiger charge is -2.21. The van der Waals surface area contributed by atoms with Crippen molar-refractivity contribution in [1.29, 1.82) is 0 Å². The van der Waals surface area contributed by atoms with Crippen LogP contribution in [0, 0.1) is 5.92 Å². The normalized spacial score (nSPS) is 14.7. The van der Waals surface area contributed by atoms with Crippen molar-refractivity contribution in [3.05, 3.63) is 42.7 Å². The summed E-state index contributed by atoms with van der Waals surface area (Å²) in [5.74, 6) is 0.413. The molecule has 1 aliphatic carbocycles. The average Bonchev–Trinajstić information content (AvgIpc) is 3.46. The lowest BCUT2D eigenvalue weighted by atomic mass is 10.1. The second-order valence-electron chi connectivity index (χ2n) is 8.54. The smallest absolute Gasteiger partial charge is 0.227 e. The maximum Gasteiger partial charge on any atom is 0.227 e. The highest BCUT2D eigenvalue weighted by atomic mass is 32.2. The third-order valence-electron chi connectivity index (χ3n) is 5.26. The number of imidazole rings is 1. The summed E-state index contributed by atoms with van der Waals surface area (Å²) in [5, 5.41) is 2.94. The summed E-state index contributed by atoms with van der Waals surface area (Å²) in [7, 11) is -2.20. The molecule has 1 amide bonds. The first-order valence-electron chi connectivity index (χ1n) is 9.83. The predicted molar refractivity (Wildman–Crippen MR) is 115 cm³/mol. The Morgan fingerprint density at radius 2 is 1.97 bits per heavy atom. The fraction of sp³-hybridized carbons (Fsp3) is 0.364. The third kappa shape index (κ3) is 3.56. The number of benzene rings is 1. The number of nitrogens with zero attached hydrogens (tertiary/aromatic N) is 2. The monoisotopic (exact) mass is 427 g/mol. The molecule has 2 aromatic heterocycles. The van der Waals surface area contributed by atoms with Gasteiger partial charge in [-0.2, -0.15) is 0 Å². The van der Waals surface area contributed by atoms with E-state index in [1.807, 2.05) is 24.3 Å². The largest absolute Gasteiger partial charge is 0.495 e. The van der Waals surface area contributed by atoms with Crippen LogP contribution in [0.1, 0.15) is 33.6 Å². The van der Waals surface area contributed by atoms with Gasteiger partial charge in [-0.3, -0.25) is 9.20 Å². The zero-order valence-electron chi connectivity index (χ0n) is 17.5. The number of hydrogen-bond acceptors (Lipinski definition) is 5. The Bertz CT molecular complexity index is 1230. The van der Waals surface area contributed by atoms with Gasteiger partial charge in [0.15, 0.2) is 9.84 Å². The van der Waals surface area contributed by atoms with Crippen molar-refractivity contribution < 1.29 is 17.9 Å². The van der Waals surface area contributed by atoms with Gasteiger partial charge in [-0.25, -0.2) is 13.4 Å². The number of ether oxygens (including phenoxy) is 1. The maximum absolute atomic E-state index is 13.1. The van der Waals surface area contributed by atoms with Gasteiger partial charge in [0.25, 0.3) is 0 Å². The number of anilines is 1. The van der Waals surface area contributed by atoms with Gasteiger partial charge in [-0.1, -0.05) is 12.1 Å². The summed E-state index contributed by atoms with van der Waals surface area (Å²) in [4.78, 5) is 16.6. The van der Waals surface area contributed by atoms with Crippen LogP contribution in [-0.2, 0) is 14.6 Å². The molecule has 1 aromatic carbocycles. The molecule has 8 heteroatoms. The van der Waals surface area contributed by atoms with Gasteiger partial charge in [-0.05, 0) is 45.7 Å². The first-order valence-corrected chi connectivity index (χ1v) is 11.3. The predicted octanol–water partition coefficient (Wildman–Crippen LogP) is 3.93. The van der Waals surface area contributed by atoms with E-state index in [1.165, 1.54) is 7.11 Å². The van der Waals surface area contributed by atoms with E-state index in [4.69, 9.17) is 4.74 Å². The van der Waals surface area contributed by atoms with Crippen LogP contribution in [0.4, 0.5) is 5.69 Å². The molecule has 4 rings (SSSR count). The second kappa shape index (κ2) is 7.12. The molecular weight excluding hydrogens is 402 g/mol. The van der Waals surface area contributed by atoms with Gasteiger partial charge in [0.2, 0.25) is 5.91 Å². The molecule has 7 nitrogen and oxygen atoms in total. The number of carbonyl (C=O) groups is 1. The first kappa shape index (κ1) is 20.4. The van der Waals surface area contributed by atoms with Crippen molar-refractivity contribution in [2.45, 2.75) is 43.3 Å². The number of carbonyl (C=O) groups excluding carboxylic acids is 1. The highest BCUT2D eigenvalue weighted by Gasteiger charge is 2.34. The molecule has 0 saturated heterocycles. The van der Waals surface area contributed by atoms with Crippen LogP contribution in [0.5, 0.6) is 5.75 Å². The fourth-order valence-corrected chi connectivity index (χ4v) is 4.55. The van der Waals surface area contributed by atoms with Gasteiger partial charge in [-0.15, -0.1) is 0 Å². The van der Waals surface area contributed by atoms with Crippen molar-refractivity contribution in [2.24, 2.45) is 5.92 Å². The van der Waals surface area contributed by atoms with Crippen LogP contribution in [0.3, 0.4) is 0 Å². The van der Waals surface area contributed by atoms with Crippen molar-refractivity contribution in [3.63, 3.8) is 0 Å². The summed E-state index contributed by atoms with van der Waals surface area (Å²) in [5.41, 5.74) is 2.82. The molecule has 0 unspecified atom stereocenters. The number of amides is 1. The van der Waals surface area contributed by atoms with Gasteiger partial charge in [0.05, 0.1) is 23.7 Å². The molecule has 0 atom stereocenters. The topological polar surface area (TPSA) is 89.8 Å². The zero-order valence-corrected chi connectivity index (χ0v) is 18.3. The number of methoxy groups -OCH3 is 1. The standard InChI is InChI=1S/C22H25N3O4S/c1-22(2,3)30(27,28)19-13-25-17(12-23-20(25)11-18(19)29-4)15-6-5-7-16(10-15)24-21(26)14-8-9-14/h5-7,10-14H,8-9H2,1-4H3,(H,24,26). The number of aromatic nitrogens is 2. The number of sulfone groups is 1. The summed E-state index contributed by atoms with van der Waals surface area (Å²) < 4.78 is 32.4. The minimum Gasteiger partial charge on any atom is -0.495 e. The molecule has 1 aliphatic rings. The van der Waals surface area contributed by atoms with E-state index >= 15 is 0 Å². The number of pyridine rings is 1. The van der Waals surface area contributed by atoms with Crippen molar-refractivity contribution in [2.75, 3.05) is 12.4 Å². The molecule has 2 heterocycles. The Balaban J connectivity index is 1.81. The van der Waals surface area contributed by atoms with E-state index in [1.54, 1.807) is 43.6 Å². The molecule has 1 N–H and O–H groups in total. The Hall–Kier alpha value is -2.87. The quantitative estimate of drug-likeness (QED) is 0.666. The number of nitrogens with one attached hydrogen (secondary N) is 1. The van der Waals surface area contributed by atoms with E-state index in [2.05, 4.69) is 10.3 Å². The van der Waals surface area contributed by atoms with Crippen molar-refractivity contribution in [3.8, 4) is 17.0 Å². The van der Waals surface area contributed by atoms with Gasteiger partial charge in [0, 0.05) is 29.4 Å². The van der Waals surface area contributed by atoms with Gasteiger partial charge in [0.1, 0.15) is 16.3 Å². The van der Waals surface area contributed by atoms with Gasteiger partial charge >= 0.3 is 0 Å². The molecule has 0 bridgehead atoms. The summed E-state index contributed by atoms with van der Waals surface area (Å²) in [6.07, 6.45) is 5.12. The van der Waals surface area contributed by atoms with E-state index in [9.17, 15) is 13.2 Å². The fourth-order valence-electron chi connectivity index (χ4n) is 3.24. The number of rotatable bonds is 5. The zero-order chi connectivity index (χ0) is 21.7. The molecule has 1 saturated carbocycles. The van der Waals surface area contributed by atoms with E-state index < -0.39 is 14.6 Å². The Morgan fingerprint density at radius 1 is 1.23 bits per heavy atom. The number of hydrogen-bond donors (Lipinski definition) is 1. The lowest BCUT2D eigenvalue weighted by molar-refractivity contribution is -0.117. The Kier molecular flexibility index (Phi) is 4.85. The molecule has 0 aliphatic heterocycles. The molecule has 158 valence electrons. The SMILES string of the molecule is COc1cc2ncc(-c3cccc(NC(=O)C4CC4)c3)n2cc1S(=O)(=O)C(C)(C)C. The second-order valence-corrected chi connectivity index (χ2v) is 11.2. The Morgan fingerprint density at radius 3 is 2.60 bits per heavy atom. The van der Waals surface area contributed by atoms with E-state index in [0.29, 0.717) is 11.3 Å². The van der Waals surface area contributed by atoms with E-state index in [-0.39, 0.29) is 22.5 Å². The molecule has 0 radical (unpaired) electrons. The summed E-state index contributed by atoms with van der Waals surface area (Å²) in [6, 6.07) is 9.09. The highest BCUT2D eigenvalue weighted by molar-refractivity contribution is 7.92. The summed E-state index contributed by atoms with van der Waals surface area (Å²) in [6.45, 7) is 4.98. The van der Waals surface area contributed by atoms with Gasteiger partial charge < -0.3 is 10.1 Å². The molecule has 1 fully saturated rings. The maximum atomic E-state index is 13.1. The van der Waals surface area contributed by atoms with Crippen LogP contribution in [0.2, 0.25) is 0 Å². The average molecular weight is 428 g/mol. The summed E-state index contributed by atoms with van der Waals surface area (Å²) >= 11 is 0. The van der Waals surface area contributed by atoms with Crippen LogP contribution in [0.25, 0.3) is 16.9 Å². The number of fused-ring (bicyclic) bond motifs is 1.